The molecule has 0 unspecified atom stereocenters. The molecule has 2 N–H and O–H groups in total. The van der Waals surface area contributed by atoms with Gasteiger partial charge in [-0.1, -0.05) is 11.6 Å². The summed E-state index contributed by atoms with van der Waals surface area (Å²) in [4.78, 5) is 4.35. The third kappa shape index (κ3) is 1.92. The Labute approximate surface area is 115 Å². The first-order chi connectivity index (χ1) is 9.06. The molecule has 2 aromatic heterocycles. The van der Waals surface area contributed by atoms with Crippen LogP contribution >= 0.6 is 11.6 Å². The van der Waals surface area contributed by atoms with Gasteiger partial charge >= 0.3 is 0 Å². The van der Waals surface area contributed by atoms with Gasteiger partial charge in [-0.15, -0.1) is 10.2 Å². The Bertz CT molecular complexity index is 778. The molecule has 3 aromatic rings. The molecule has 0 aliphatic heterocycles. The summed E-state index contributed by atoms with van der Waals surface area (Å²) in [6.45, 7) is 3.93. The van der Waals surface area contributed by atoms with Gasteiger partial charge in [0.2, 0.25) is 0 Å². The van der Waals surface area contributed by atoms with Crippen LogP contribution in [0.15, 0.2) is 24.3 Å². The maximum absolute atomic E-state index is 5.93. The SMILES string of the molecule is Cc1cc(C)n2c(-c3ccc(Cl)c(N)c3)nnc2n1. The number of nitrogens with two attached hydrogens (primary N) is 1. The monoisotopic (exact) mass is 273 g/mol. The van der Waals surface area contributed by atoms with E-state index in [4.69, 9.17) is 17.3 Å². The maximum atomic E-state index is 5.93. The van der Waals surface area contributed by atoms with Crippen LogP contribution in [0.2, 0.25) is 5.02 Å². The van der Waals surface area contributed by atoms with Crippen molar-refractivity contribution in [1.29, 1.82) is 0 Å². The summed E-state index contributed by atoms with van der Waals surface area (Å²) >= 11 is 5.93. The van der Waals surface area contributed by atoms with Crippen molar-refractivity contribution in [3.8, 4) is 11.4 Å². The van der Waals surface area contributed by atoms with Crippen LogP contribution < -0.4 is 5.73 Å². The van der Waals surface area contributed by atoms with Crippen LogP contribution in [0, 0.1) is 13.8 Å². The van der Waals surface area contributed by atoms with E-state index in [2.05, 4.69) is 15.2 Å². The van der Waals surface area contributed by atoms with E-state index in [-0.39, 0.29) is 0 Å². The average Bonchev–Trinajstić information content (AvgIpc) is 2.76. The van der Waals surface area contributed by atoms with Gasteiger partial charge in [-0.2, -0.15) is 0 Å². The molecule has 96 valence electrons. The van der Waals surface area contributed by atoms with Gasteiger partial charge in [0, 0.05) is 17.0 Å². The molecule has 0 aliphatic rings. The highest BCUT2D eigenvalue weighted by molar-refractivity contribution is 6.33. The molecule has 0 spiro atoms. The molecule has 19 heavy (non-hydrogen) atoms. The van der Waals surface area contributed by atoms with Gasteiger partial charge in [0.15, 0.2) is 5.82 Å². The number of hydrogen-bond acceptors (Lipinski definition) is 4. The van der Waals surface area contributed by atoms with E-state index < -0.39 is 0 Å². The van der Waals surface area contributed by atoms with E-state index in [1.807, 2.05) is 30.4 Å². The zero-order chi connectivity index (χ0) is 13.6. The first-order valence-electron chi connectivity index (χ1n) is 5.81. The molecule has 0 atom stereocenters. The number of aryl methyl sites for hydroxylation is 2. The van der Waals surface area contributed by atoms with Crippen LogP contribution in [0.4, 0.5) is 5.69 Å². The van der Waals surface area contributed by atoms with Gasteiger partial charge in [-0.05, 0) is 38.1 Å². The Balaban J connectivity index is 2.28. The predicted octanol–water partition coefficient (Wildman–Crippen LogP) is 2.64. The van der Waals surface area contributed by atoms with Crippen molar-refractivity contribution in [1.82, 2.24) is 19.6 Å². The number of benzene rings is 1. The Hall–Kier alpha value is -2.14. The molecule has 0 fully saturated rings. The van der Waals surface area contributed by atoms with Crippen molar-refractivity contribution < 1.29 is 0 Å². The molecular weight excluding hydrogens is 262 g/mol. The van der Waals surface area contributed by atoms with E-state index in [1.165, 1.54) is 0 Å². The minimum Gasteiger partial charge on any atom is -0.398 e. The molecule has 0 aliphatic carbocycles. The fourth-order valence-electron chi connectivity index (χ4n) is 2.10. The smallest absolute Gasteiger partial charge is 0.255 e. The van der Waals surface area contributed by atoms with E-state index >= 15 is 0 Å². The molecule has 0 radical (unpaired) electrons. The third-order valence-corrected chi connectivity index (χ3v) is 3.29. The second-order valence-electron chi connectivity index (χ2n) is 4.43. The number of anilines is 1. The van der Waals surface area contributed by atoms with Gasteiger partial charge in [0.25, 0.3) is 5.78 Å². The molecular formula is C13H12ClN5. The van der Waals surface area contributed by atoms with Crippen molar-refractivity contribution in [2.24, 2.45) is 0 Å². The van der Waals surface area contributed by atoms with E-state index in [9.17, 15) is 0 Å². The van der Waals surface area contributed by atoms with Crippen LogP contribution in [0.25, 0.3) is 17.2 Å². The summed E-state index contributed by atoms with van der Waals surface area (Å²) in [5, 5.41) is 8.82. The van der Waals surface area contributed by atoms with Crippen molar-refractivity contribution >= 4 is 23.1 Å². The molecule has 3 rings (SSSR count). The first kappa shape index (κ1) is 11.9. The van der Waals surface area contributed by atoms with E-state index in [1.54, 1.807) is 12.1 Å². The van der Waals surface area contributed by atoms with Gasteiger partial charge in [0.05, 0.1) is 10.7 Å². The summed E-state index contributed by atoms with van der Waals surface area (Å²) in [5.41, 5.74) is 9.15. The molecule has 6 heteroatoms. The highest BCUT2D eigenvalue weighted by atomic mass is 35.5. The number of hydrogen-bond donors (Lipinski definition) is 1. The molecule has 5 nitrogen and oxygen atoms in total. The minimum absolute atomic E-state index is 0.522. The normalized spacial score (nSPS) is 11.1. The van der Waals surface area contributed by atoms with Crippen LogP contribution in [0.5, 0.6) is 0 Å². The van der Waals surface area contributed by atoms with Gasteiger partial charge in [-0.3, -0.25) is 4.40 Å². The quantitative estimate of drug-likeness (QED) is 0.692. The summed E-state index contributed by atoms with van der Waals surface area (Å²) < 4.78 is 1.90. The van der Waals surface area contributed by atoms with E-state index in [0.29, 0.717) is 22.3 Å². The first-order valence-corrected chi connectivity index (χ1v) is 6.19. The van der Waals surface area contributed by atoms with Crippen molar-refractivity contribution in [2.75, 3.05) is 5.73 Å². The van der Waals surface area contributed by atoms with Crippen LogP contribution in [0.1, 0.15) is 11.4 Å². The van der Waals surface area contributed by atoms with Crippen LogP contribution in [-0.2, 0) is 0 Å². The van der Waals surface area contributed by atoms with Gasteiger partial charge < -0.3 is 5.73 Å². The van der Waals surface area contributed by atoms with Gasteiger partial charge in [-0.25, -0.2) is 4.98 Å². The zero-order valence-electron chi connectivity index (χ0n) is 10.6. The number of fused-ring (bicyclic) bond motifs is 1. The third-order valence-electron chi connectivity index (χ3n) is 2.95. The fourth-order valence-corrected chi connectivity index (χ4v) is 2.22. The van der Waals surface area contributed by atoms with Gasteiger partial charge in [0.1, 0.15) is 0 Å². The largest absolute Gasteiger partial charge is 0.398 e. The minimum atomic E-state index is 0.522. The highest BCUT2D eigenvalue weighted by Crippen LogP contribution is 2.26. The van der Waals surface area contributed by atoms with E-state index in [0.717, 1.165) is 17.0 Å². The number of aromatic nitrogens is 4. The zero-order valence-corrected chi connectivity index (χ0v) is 11.3. The average molecular weight is 274 g/mol. The Kier molecular flexibility index (Phi) is 2.64. The fraction of sp³-hybridized carbons (Fsp3) is 0.154. The second-order valence-corrected chi connectivity index (χ2v) is 4.84. The Morgan fingerprint density at radius 3 is 2.68 bits per heavy atom. The number of rotatable bonds is 1. The molecule has 0 bridgehead atoms. The summed E-state index contributed by atoms with van der Waals surface area (Å²) in [6, 6.07) is 7.40. The van der Waals surface area contributed by atoms with Crippen molar-refractivity contribution in [3.63, 3.8) is 0 Å². The lowest BCUT2D eigenvalue weighted by atomic mass is 10.2. The lowest BCUT2D eigenvalue weighted by Gasteiger charge is -2.05. The molecule has 2 heterocycles. The second kappa shape index (κ2) is 4.20. The lowest BCUT2D eigenvalue weighted by molar-refractivity contribution is 1.02. The number of nitrogen functional groups attached to an aromatic ring is 1. The van der Waals surface area contributed by atoms with Crippen LogP contribution in [0.3, 0.4) is 0 Å². The summed E-state index contributed by atoms with van der Waals surface area (Å²) in [6.07, 6.45) is 0. The highest BCUT2D eigenvalue weighted by Gasteiger charge is 2.12. The van der Waals surface area contributed by atoms with Crippen molar-refractivity contribution in [2.45, 2.75) is 13.8 Å². The molecule has 0 saturated heterocycles. The van der Waals surface area contributed by atoms with Crippen molar-refractivity contribution in [3.05, 3.63) is 40.7 Å². The molecule has 0 saturated carbocycles. The Morgan fingerprint density at radius 1 is 1.16 bits per heavy atom. The standard InChI is InChI=1S/C13H12ClN5/c1-7-5-8(2)19-12(17-18-13(19)16-7)9-3-4-10(14)11(15)6-9/h3-6H,15H2,1-2H3. The predicted molar refractivity (Wildman–Crippen MR) is 75.1 cm³/mol. The summed E-state index contributed by atoms with van der Waals surface area (Å²) in [7, 11) is 0. The Morgan fingerprint density at radius 2 is 1.95 bits per heavy atom. The maximum Gasteiger partial charge on any atom is 0.255 e. The van der Waals surface area contributed by atoms with Crippen LogP contribution in [-0.4, -0.2) is 19.6 Å². The number of nitrogens with zero attached hydrogens (tertiary/aromatic N) is 4. The number of halogens is 1. The lowest BCUT2D eigenvalue weighted by Crippen LogP contribution is -1.98. The molecule has 0 amide bonds. The molecule has 1 aromatic carbocycles. The topological polar surface area (TPSA) is 69.1 Å². The summed E-state index contributed by atoms with van der Waals surface area (Å²) in [5.74, 6) is 1.30.